The fourth-order valence-corrected chi connectivity index (χ4v) is 5.85. The zero-order valence-electron chi connectivity index (χ0n) is 19.8. The van der Waals surface area contributed by atoms with Crippen molar-refractivity contribution in [1.29, 1.82) is 5.26 Å². The number of nitriles is 1. The summed E-state index contributed by atoms with van der Waals surface area (Å²) in [6, 6.07) is 13.1. The number of anilines is 1. The smallest absolute Gasteiger partial charge is 0.224 e. The highest BCUT2D eigenvalue weighted by atomic mass is 16.2. The van der Waals surface area contributed by atoms with Gasteiger partial charge in [-0.05, 0) is 49.9 Å². The van der Waals surface area contributed by atoms with Gasteiger partial charge in [0, 0.05) is 56.9 Å². The average molecular weight is 471 g/mol. The van der Waals surface area contributed by atoms with Gasteiger partial charge in [0.05, 0.1) is 11.3 Å². The van der Waals surface area contributed by atoms with E-state index in [1.165, 1.54) is 19.3 Å². The van der Waals surface area contributed by atoms with E-state index >= 15 is 0 Å². The standard InChI is InChI=1S/C26H30N8O/c27-13-19-7-10-24(28-14-19)33-21-8-9-22(33)16-32(15-21)26(35)11-12-31(20-3-1-4-20)17-23-5-2-6-25-29-18-30-34(23)25/h2,5-7,10,14,18,20-22H,1,3-4,8-9,11-12,15-17H2. The number of likely N-dealkylation sites (tertiary alicyclic amines) is 1. The molecule has 0 aromatic carbocycles. The molecule has 180 valence electrons. The van der Waals surface area contributed by atoms with Crippen LogP contribution < -0.4 is 4.90 Å². The maximum atomic E-state index is 13.3. The minimum absolute atomic E-state index is 0.248. The fraction of sp³-hybridized carbons (Fsp3) is 0.500. The van der Waals surface area contributed by atoms with Crippen LogP contribution in [0.1, 0.15) is 49.8 Å². The van der Waals surface area contributed by atoms with Crippen LogP contribution in [-0.2, 0) is 11.3 Å². The molecule has 3 aromatic heterocycles. The zero-order chi connectivity index (χ0) is 23.8. The molecule has 0 N–H and O–H groups in total. The van der Waals surface area contributed by atoms with Gasteiger partial charge in [0.25, 0.3) is 0 Å². The first-order valence-corrected chi connectivity index (χ1v) is 12.6. The largest absolute Gasteiger partial charge is 0.347 e. The van der Waals surface area contributed by atoms with Gasteiger partial charge in [-0.15, -0.1) is 0 Å². The Kier molecular flexibility index (Phi) is 5.82. The van der Waals surface area contributed by atoms with Gasteiger partial charge in [0.15, 0.2) is 5.65 Å². The van der Waals surface area contributed by atoms with Crippen LogP contribution in [-0.4, -0.2) is 73.0 Å². The number of fused-ring (bicyclic) bond motifs is 3. The van der Waals surface area contributed by atoms with Crippen LogP contribution in [0.3, 0.4) is 0 Å². The highest BCUT2D eigenvalue weighted by Gasteiger charge is 2.42. The van der Waals surface area contributed by atoms with E-state index in [1.807, 2.05) is 28.8 Å². The van der Waals surface area contributed by atoms with Crippen LogP contribution in [0.4, 0.5) is 5.82 Å². The van der Waals surface area contributed by atoms with Gasteiger partial charge >= 0.3 is 0 Å². The lowest BCUT2D eigenvalue weighted by molar-refractivity contribution is -0.132. The predicted molar refractivity (Wildman–Crippen MR) is 130 cm³/mol. The van der Waals surface area contributed by atoms with E-state index in [9.17, 15) is 4.79 Å². The molecule has 2 atom stereocenters. The molecule has 1 amide bonds. The maximum Gasteiger partial charge on any atom is 0.224 e. The molecule has 1 saturated carbocycles. The molecule has 3 fully saturated rings. The van der Waals surface area contributed by atoms with Crippen LogP contribution >= 0.6 is 0 Å². The topological polar surface area (TPSA) is 93.7 Å². The summed E-state index contributed by atoms with van der Waals surface area (Å²) in [4.78, 5) is 29.0. The average Bonchev–Trinajstić information content (AvgIpc) is 3.43. The number of aromatic nitrogens is 4. The predicted octanol–water partition coefficient (Wildman–Crippen LogP) is 2.62. The zero-order valence-corrected chi connectivity index (χ0v) is 19.8. The summed E-state index contributed by atoms with van der Waals surface area (Å²) in [5, 5.41) is 13.4. The summed E-state index contributed by atoms with van der Waals surface area (Å²) in [7, 11) is 0. The molecular weight excluding hydrogens is 440 g/mol. The van der Waals surface area contributed by atoms with E-state index in [2.05, 4.69) is 41.9 Å². The van der Waals surface area contributed by atoms with Crippen molar-refractivity contribution < 1.29 is 4.79 Å². The third kappa shape index (κ3) is 4.23. The molecule has 2 bridgehead atoms. The highest BCUT2D eigenvalue weighted by molar-refractivity contribution is 5.77. The molecular formula is C26H30N8O. The van der Waals surface area contributed by atoms with Gasteiger partial charge in [0.1, 0.15) is 18.2 Å². The molecule has 2 aliphatic heterocycles. The molecule has 9 heteroatoms. The Bertz CT molecular complexity index is 1230. The minimum Gasteiger partial charge on any atom is -0.347 e. The number of rotatable bonds is 7. The monoisotopic (exact) mass is 470 g/mol. The lowest BCUT2D eigenvalue weighted by atomic mass is 9.91. The Balaban J connectivity index is 1.09. The normalized spacial score (nSPS) is 21.9. The van der Waals surface area contributed by atoms with Crippen molar-refractivity contribution in [3.05, 3.63) is 54.1 Å². The Morgan fingerprint density at radius 1 is 1.09 bits per heavy atom. The van der Waals surface area contributed by atoms with Crippen molar-refractivity contribution in [1.82, 2.24) is 29.4 Å². The van der Waals surface area contributed by atoms with E-state index in [-0.39, 0.29) is 5.91 Å². The second-order valence-corrected chi connectivity index (χ2v) is 9.96. The molecule has 2 unspecified atom stereocenters. The lowest BCUT2D eigenvalue weighted by Gasteiger charge is -2.42. The van der Waals surface area contributed by atoms with Crippen molar-refractivity contribution in [2.45, 2.75) is 63.2 Å². The molecule has 6 rings (SSSR count). The molecule has 0 spiro atoms. The fourth-order valence-electron chi connectivity index (χ4n) is 5.85. The Morgan fingerprint density at radius 3 is 2.60 bits per heavy atom. The van der Waals surface area contributed by atoms with Crippen molar-refractivity contribution >= 4 is 17.4 Å². The summed E-state index contributed by atoms with van der Waals surface area (Å²) >= 11 is 0. The second-order valence-electron chi connectivity index (χ2n) is 9.96. The molecule has 9 nitrogen and oxygen atoms in total. The summed E-state index contributed by atoms with van der Waals surface area (Å²) in [6.45, 7) is 3.04. The van der Waals surface area contributed by atoms with E-state index < -0.39 is 0 Å². The van der Waals surface area contributed by atoms with Gasteiger partial charge in [-0.3, -0.25) is 9.69 Å². The lowest BCUT2D eigenvalue weighted by Crippen LogP contribution is -2.56. The van der Waals surface area contributed by atoms with Crippen molar-refractivity contribution in [2.75, 3.05) is 24.5 Å². The Hall–Kier alpha value is -3.51. The van der Waals surface area contributed by atoms with E-state index in [1.54, 1.807) is 12.5 Å². The van der Waals surface area contributed by atoms with E-state index in [4.69, 9.17) is 5.26 Å². The molecule has 35 heavy (non-hydrogen) atoms. The first kappa shape index (κ1) is 22.0. The second kappa shape index (κ2) is 9.27. The van der Waals surface area contributed by atoms with Crippen LogP contribution in [0.15, 0.2) is 42.9 Å². The minimum atomic E-state index is 0.248. The van der Waals surface area contributed by atoms with Gasteiger partial charge < -0.3 is 9.80 Å². The Labute approximate surface area is 205 Å². The van der Waals surface area contributed by atoms with Crippen LogP contribution in [0.5, 0.6) is 0 Å². The highest BCUT2D eigenvalue weighted by Crippen LogP contribution is 2.34. The summed E-state index contributed by atoms with van der Waals surface area (Å²) < 4.78 is 1.90. The van der Waals surface area contributed by atoms with Crippen molar-refractivity contribution in [3.8, 4) is 6.07 Å². The first-order chi connectivity index (χ1) is 17.2. The van der Waals surface area contributed by atoms with Gasteiger partial charge in [-0.2, -0.15) is 10.4 Å². The molecule has 3 aromatic rings. The van der Waals surface area contributed by atoms with Crippen molar-refractivity contribution in [3.63, 3.8) is 0 Å². The van der Waals surface area contributed by atoms with Crippen LogP contribution in [0.2, 0.25) is 0 Å². The van der Waals surface area contributed by atoms with Gasteiger partial charge in [0.2, 0.25) is 5.91 Å². The molecule has 1 aliphatic carbocycles. The number of pyridine rings is 2. The van der Waals surface area contributed by atoms with Crippen LogP contribution in [0, 0.1) is 11.3 Å². The number of amides is 1. The Morgan fingerprint density at radius 2 is 1.91 bits per heavy atom. The third-order valence-electron chi connectivity index (χ3n) is 7.93. The third-order valence-corrected chi connectivity index (χ3v) is 7.93. The number of hydrogen-bond donors (Lipinski definition) is 0. The number of piperazine rings is 1. The van der Waals surface area contributed by atoms with Gasteiger partial charge in [-0.1, -0.05) is 12.5 Å². The summed E-state index contributed by atoms with van der Waals surface area (Å²) in [5.74, 6) is 1.17. The van der Waals surface area contributed by atoms with E-state index in [0.717, 1.165) is 56.2 Å². The number of carbonyl (C=O) groups is 1. The molecule has 3 aliphatic rings. The summed E-state index contributed by atoms with van der Waals surface area (Å²) in [6.07, 6.45) is 9.58. The molecule has 5 heterocycles. The molecule has 2 saturated heterocycles. The van der Waals surface area contributed by atoms with E-state index in [0.29, 0.717) is 30.1 Å². The SMILES string of the molecule is N#Cc1ccc(N2C3CCC2CN(C(=O)CCN(Cc2cccc4ncnn24)C2CCC2)C3)nc1. The number of hydrogen-bond acceptors (Lipinski definition) is 7. The quantitative estimate of drug-likeness (QED) is 0.524. The first-order valence-electron chi connectivity index (χ1n) is 12.6. The van der Waals surface area contributed by atoms with Crippen LogP contribution in [0.25, 0.3) is 5.65 Å². The van der Waals surface area contributed by atoms with Gasteiger partial charge in [-0.25, -0.2) is 14.5 Å². The molecule has 0 radical (unpaired) electrons. The van der Waals surface area contributed by atoms with Crippen molar-refractivity contribution in [2.24, 2.45) is 0 Å². The number of nitrogens with zero attached hydrogens (tertiary/aromatic N) is 8. The number of carbonyl (C=O) groups excluding carboxylic acids is 1. The summed E-state index contributed by atoms with van der Waals surface area (Å²) in [5.41, 5.74) is 2.55. The maximum absolute atomic E-state index is 13.3.